The topological polar surface area (TPSA) is 66.6 Å². The number of aromatic nitrogens is 1. The van der Waals surface area contributed by atoms with Gasteiger partial charge in [-0.1, -0.05) is 6.07 Å². The molecule has 3 rings (SSSR count). The Hall–Kier alpha value is -2.21. The lowest BCUT2D eigenvalue weighted by Gasteiger charge is -2.37. The summed E-state index contributed by atoms with van der Waals surface area (Å²) in [6.45, 7) is 2.14. The summed E-state index contributed by atoms with van der Waals surface area (Å²) >= 11 is 0. The number of hydrogen-bond acceptors (Lipinski definition) is 4. The maximum atomic E-state index is 13.2. The highest BCUT2D eigenvalue weighted by atomic mass is 19.1. The molecule has 0 aliphatic carbocycles. The second-order valence-electron chi connectivity index (χ2n) is 5.31. The molecule has 1 aliphatic rings. The predicted octanol–water partition coefficient (Wildman–Crippen LogP) is 2.39. The Morgan fingerprint density at radius 1 is 1.48 bits per heavy atom. The molecule has 1 aliphatic heterocycles. The van der Waals surface area contributed by atoms with Crippen molar-refractivity contribution in [2.45, 2.75) is 13.0 Å². The smallest absolute Gasteiger partial charge is 0.303 e. The summed E-state index contributed by atoms with van der Waals surface area (Å²) < 4.78 is 18.5. The average molecular weight is 290 g/mol. The van der Waals surface area contributed by atoms with Crippen molar-refractivity contribution in [3.05, 3.63) is 42.0 Å². The molecule has 2 aromatic rings. The quantitative estimate of drug-likeness (QED) is 0.915. The minimum atomic E-state index is -0.755. The average Bonchev–Trinajstić information content (AvgIpc) is 2.84. The van der Waals surface area contributed by atoms with Crippen LogP contribution in [0.15, 0.2) is 34.9 Å². The SMILES string of the molecule is O=C(O)CC1CN(Cc2coc(-c3cccc(F)c3)n2)C1. The molecule has 1 fully saturated rings. The number of rotatable bonds is 5. The van der Waals surface area contributed by atoms with Crippen LogP contribution in [0.25, 0.3) is 11.5 Å². The maximum Gasteiger partial charge on any atom is 0.303 e. The van der Waals surface area contributed by atoms with Gasteiger partial charge in [-0.2, -0.15) is 0 Å². The predicted molar refractivity (Wildman–Crippen MR) is 72.9 cm³/mol. The Morgan fingerprint density at radius 2 is 2.29 bits per heavy atom. The number of oxazole rings is 1. The second-order valence-corrected chi connectivity index (χ2v) is 5.31. The van der Waals surface area contributed by atoms with E-state index in [1.165, 1.54) is 12.1 Å². The first-order valence-electron chi connectivity index (χ1n) is 6.74. The van der Waals surface area contributed by atoms with Crippen LogP contribution in [0.4, 0.5) is 4.39 Å². The van der Waals surface area contributed by atoms with Crippen molar-refractivity contribution in [3.8, 4) is 11.5 Å². The first-order valence-corrected chi connectivity index (χ1v) is 6.74. The van der Waals surface area contributed by atoms with Crippen LogP contribution in [0.3, 0.4) is 0 Å². The summed E-state index contributed by atoms with van der Waals surface area (Å²) in [5.74, 6) is -0.467. The highest BCUT2D eigenvalue weighted by molar-refractivity contribution is 5.67. The zero-order chi connectivity index (χ0) is 14.8. The second kappa shape index (κ2) is 5.65. The molecular formula is C15H15FN2O3. The van der Waals surface area contributed by atoms with Crippen molar-refractivity contribution in [2.24, 2.45) is 5.92 Å². The molecular weight excluding hydrogens is 275 g/mol. The zero-order valence-corrected chi connectivity index (χ0v) is 11.3. The monoisotopic (exact) mass is 290 g/mol. The van der Waals surface area contributed by atoms with Gasteiger partial charge in [0.15, 0.2) is 0 Å². The summed E-state index contributed by atoms with van der Waals surface area (Å²) in [7, 11) is 0. The lowest BCUT2D eigenvalue weighted by atomic mass is 9.96. The third-order valence-electron chi connectivity index (χ3n) is 3.51. The van der Waals surface area contributed by atoms with Gasteiger partial charge in [-0.25, -0.2) is 9.37 Å². The number of aliphatic carboxylic acids is 1. The maximum absolute atomic E-state index is 13.2. The molecule has 0 atom stereocenters. The fraction of sp³-hybridized carbons (Fsp3) is 0.333. The molecule has 0 spiro atoms. The van der Waals surface area contributed by atoms with Crippen molar-refractivity contribution < 1.29 is 18.7 Å². The van der Waals surface area contributed by atoms with Gasteiger partial charge in [-0.15, -0.1) is 0 Å². The number of likely N-dealkylation sites (tertiary alicyclic amines) is 1. The molecule has 0 saturated carbocycles. The van der Waals surface area contributed by atoms with E-state index < -0.39 is 5.97 Å². The first kappa shape index (κ1) is 13.8. The van der Waals surface area contributed by atoms with Gasteiger partial charge in [0.1, 0.15) is 12.1 Å². The van der Waals surface area contributed by atoms with E-state index in [1.807, 2.05) is 0 Å². The van der Waals surface area contributed by atoms with Crippen LogP contribution in [0.2, 0.25) is 0 Å². The summed E-state index contributed by atoms with van der Waals surface area (Å²) in [5.41, 5.74) is 1.37. The third kappa shape index (κ3) is 3.28. The van der Waals surface area contributed by atoms with Gasteiger partial charge in [0.25, 0.3) is 0 Å². The van der Waals surface area contributed by atoms with Crippen molar-refractivity contribution in [1.29, 1.82) is 0 Å². The van der Waals surface area contributed by atoms with E-state index in [2.05, 4.69) is 9.88 Å². The van der Waals surface area contributed by atoms with E-state index in [0.717, 1.165) is 18.8 Å². The van der Waals surface area contributed by atoms with Crippen LogP contribution in [0, 0.1) is 11.7 Å². The molecule has 21 heavy (non-hydrogen) atoms. The minimum absolute atomic E-state index is 0.212. The van der Waals surface area contributed by atoms with Crippen LogP contribution < -0.4 is 0 Å². The van der Waals surface area contributed by atoms with Crippen LogP contribution in [0.1, 0.15) is 12.1 Å². The van der Waals surface area contributed by atoms with Crippen molar-refractivity contribution in [2.75, 3.05) is 13.1 Å². The summed E-state index contributed by atoms with van der Waals surface area (Å²) in [4.78, 5) is 17.0. The van der Waals surface area contributed by atoms with Gasteiger partial charge in [0.05, 0.1) is 12.1 Å². The van der Waals surface area contributed by atoms with Crippen molar-refractivity contribution in [3.63, 3.8) is 0 Å². The van der Waals surface area contributed by atoms with E-state index in [4.69, 9.17) is 9.52 Å². The highest BCUT2D eigenvalue weighted by Gasteiger charge is 2.29. The van der Waals surface area contributed by atoms with E-state index in [1.54, 1.807) is 18.4 Å². The summed E-state index contributed by atoms with van der Waals surface area (Å²) in [6.07, 6.45) is 1.77. The van der Waals surface area contributed by atoms with E-state index >= 15 is 0 Å². The number of carboxylic acid groups (broad SMARTS) is 1. The number of carbonyl (C=O) groups is 1. The summed E-state index contributed by atoms with van der Waals surface area (Å²) in [6, 6.07) is 6.10. The fourth-order valence-electron chi connectivity index (χ4n) is 2.54. The van der Waals surface area contributed by atoms with E-state index in [9.17, 15) is 9.18 Å². The first-order chi connectivity index (χ1) is 10.1. The highest BCUT2D eigenvalue weighted by Crippen LogP contribution is 2.23. The summed E-state index contributed by atoms with van der Waals surface area (Å²) in [5, 5.41) is 8.70. The van der Waals surface area contributed by atoms with Gasteiger partial charge >= 0.3 is 5.97 Å². The Morgan fingerprint density at radius 3 is 3.00 bits per heavy atom. The molecule has 0 radical (unpaired) electrons. The van der Waals surface area contributed by atoms with E-state index in [0.29, 0.717) is 18.0 Å². The zero-order valence-electron chi connectivity index (χ0n) is 11.3. The molecule has 1 N–H and O–H groups in total. The van der Waals surface area contributed by atoms with Crippen molar-refractivity contribution >= 4 is 5.97 Å². The molecule has 110 valence electrons. The lowest BCUT2D eigenvalue weighted by molar-refractivity contribution is -0.139. The van der Waals surface area contributed by atoms with Gasteiger partial charge < -0.3 is 9.52 Å². The van der Waals surface area contributed by atoms with Crippen molar-refractivity contribution in [1.82, 2.24) is 9.88 Å². The fourth-order valence-corrected chi connectivity index (χ4v) is 2.54. The molecule has 2 heterocycles. The van der Waals surface area contributed by atoms with Crippen LogP contribution in [-0.2, 0) is 11.3 Å². The molecule has 1 aromatic carbocycles. The van der Waals surface area contributed by atoms with E-state index in [-0.39, 0.29) is 18.2 Å². The number of hydrogen-bond donors (Lipinski definition) is 1. The lowest BCUT2D eigenvalue weighted by Crippen LogP contribution is -2.46. The number of carboxylic acids is 1. The third-order valence-corrected chi connectivity index (χ3v) is 3.51. The molecule has 0 amide bonds. The van der Waals surface area contributed by atoms with Crippen LogP contribution in [-0.4, -0.2) is 34.0 Å². The Bertz CT molecular complexity index is 650. The molecule has 0 bridgehead atoms. The van der Waals surface area contributed by atoms with Gasteiger partial charge in [0, 0.05) is 25.2 Å². The molecule has 1 aromatic heterocycles. The Kier molecular flexibility index (Phi) is 3.70. The van der Waals surface area contributed by atoms with Crippen LogP contribution in [0.5, 0.6) is 0 Å². The van der Waals surface area contributed by atoms with Crippen LogP contribution >= 0.6 is 0 Å². The number of benzene rings is 1. The Balaban J connectivity index is 1.58. The standard InChI is InChI=1S/C15H15FN2O3/c16-12-3-1-2-11(5-12)15-17-13(9-21-15)8-18-6-10(7-18)4-14(19)20/h1-3,5,9-10H,4,6-8H2,(H,19,20). The molecule has 0 unspecified atom stereocenters. The Labute approximate surface area is 121 Å². The normalized spacial score (nSPS) is 15.9. The molecule has 5 nitrogen and oxygen atoms in total. The van der Waals surface area contributed by atoms with Gasteiger partial charge in [0.2, 0.25) is 5.89 Å². The number of halogens is 1. The number of nitrogens with zero attached hydrogens (tertiary/aromatic N) is 2. The van der Waals surface area contributed by atoms with Gasteiger partial charge in [-0.3, -0.25) is 9.69 Å². The molecule has 1 saturated heterocycles. The molecule has 6 heteroatoms. The minimum Gasteiger partial charge on any atom is -0.481 e. The largest absolute Gasteiger partial charge is 0.481 e. The van der Waals surface area contributed by atoms with Gasteiger partial charge in [-0.05, 0) is 24.1 Å².